The number of para-hydroxylation sites is 1. The van der Waals surface area contributed by atoms with Crippen molar-refractivity contribution in [3.8, 4) is 0 Å². The van der Waals surface area contributed by atoms with Crippen molar-refractivity contribution in [1.82, 2.24) is 4.98 Å². The van der Waals surface area contributed by atoms with Crippen molar-refractivity contribution < 1.29 is 4.79 Å². The van der Waals surface area contributed by atoms with Crippen molar-refractivity contribution in [3.63, 3.8) is 0 Å². The lowest BCUT2D eigenvalue weighted by molar-refractivity contribution is 0.102. The zero-order valence-corrected chi connectivity index (χ0v) is 13.8. The molecule has 0 aliphatic heterocycles. The Morgan fingerprint density at radius 2 is 2.20 bits per heavy atom. The van der Waals surface area contributed by atoms with Gasteiger partial charge in [0, 0.05) is 15.6 Å². The fourth-order valence-electron chi connectivity index (χ4n) is 1.62. The summed E-state index contributed by atoms with van der Waals surface area (Å²) in [5.41, 5.74) is 1.12. The van der Waals surface area contributed by atoms with Crippen LogP contribution in [0.3, 0.4) is 0 Å². The molecule has 0 unspecified atom stereocenters. The third-order valence-electron chi connectivity index (χ3n) is 2.49. The summed E-state index contributed by atoms with van der Waals surface area (Å²) in [4.78, 5) is 17.3. The highest BCUT2D eigenvalue weighted by molar-refractivity contribution is 9.10. The molecular formula is C14H12BrClN2OS. The van der Waals surface area contributed by atoms with Crippen LogP contribution < -0.4 is 5.32 Å². The Morgan fingerprint density at radius 3 is 2.95 bits per heavy atom. The summed E-state index contributed by atoms with van der Waals surface area (Å²) >= 11 is 10.9. The number of anilines is 1. The second-order valence-electron chi connectivity index (χ2n) is 3.88. The molecule has 1 amide bonds. The molecule has 6 heteroatoms. The molecule has 2 aromatic rings. The van der Waals surface area contributed by atoms with Crippen LogP contribution in [0.2, 0.25) is 5.15 Å². The van der Waals surface area contributed by atoms with Gasteiger partial charge in [-0.05, 0) is 39.9 Å². The van der Waals surface area contributed by atoms with E-state index in [-0.39, 0.29) is 11.1 Å². The molecule has 1 N–H and O–H groups in total. The minimum Gasteiger partial charge on any atom is -0.321 e. The molecule has 0 radical (unpaired) electrons. The molecule has 20 heavy (non-hydrogen) atoms. The topological polar surface area (TPSA) is 42.0 Å². The summed E-state index contributed by atoms with van der Waals surface area (Å²) in [6.07, 6.45) is 1.56. The van der Waals surface area contributed by atoms with Crippen molar-refractivity contribution in [2.45, 2.75) is 11.8 Å². The largest absolute Gasteiger partial charge is 0.321 e. The number of halogens is 2. The summed E-state index contributed by atoms with van der Waals surface area (Å²) in [5.74, 6) is 0.666. The fourth-order valence-corrected chi connectivity index (χ4v) is 2.90. The van der Waals surface area contributed by atoms with Crippen molar-refractivity contribution >= 4 is 50.9 Å². The van der Waals surface area contributed by atoms with Crippen LogP contribution in [-0.2, 0) is 0 Å². The van der Waals surface area contributed by atoms with E-state index < -0.39 is 0 Å². The van der Waals surface area contributed by atoms with Crippen LogP contribution in [-0.4, -0.2) is 16.6 Å². The Labute approximate surface area is 135 Å². The number of nitrogens with one attached hydrogen (secondary N) is 1. The van der Waals surface area contributed by atoms with Crippen molar-refractivity contribution in [3.05, 3.63) is 51.7 Å². The smallest absolute Gasteiger partial charge is 0.258 e. The van der Waals surface area contributed by atoms with Gasteiger partial charge in [0.25, 0.3) is 5.91 Å². The van der Waals surface area contributed by atoms with Gasteiger partial charge >= 0.3 is 0 Å². The molecule has 0 fully saturated rings. The predicted molar refractivity (Wildman–Crippen MR) is 87.7 cm³/mol. The Morgan fingerprint density at radius 1 is 1.45 bits per heavy atom. The molecule has 1 heterocycles. The van der Waals surface area contributed by atoms with Crippen molar-refractivity contribution in [1.29, 1.82) is 0 Å². The van der Waals surface area contributed by atoms with Gasteiger partial charge in [-0.25, -0.2) is 4.98 Å². The predicted octanol–water partition coefficient (Wildman–Crippen LogP) is 4.86. The Bertz CT molecular complexity index is 636. The lowest BCUT2D eigenvalue weighted by Crippen LogP contribution is -2.13. The van der Waals surface area contributed by atoms with E-state index >= 15 is 0 Å². The number of hydrogen-bond acceptors (Lipinski definition) is 3. The lowest BCUT2D eigenvalue weighted by Gasteiger charge is -2.10. The summed E-state index contributed by atoms with van der Waals surface area (Å²) in [7, 11) is 0. The highest BCUT2D eigenvalue weighted by atomic mass is 79.9. The van der Waals surface area contributed by atoms with E-state index in [9.17, 15) is 4.79 Å². The van der Waals surface area contributed by atoms with Gasteiger partial charge in [0.2, 0.25) is 0 Å². The Hall–Kier alpha value is -1.04. The zero-order chi connectivity index (χ0) is 14.5. The highest BCUT2D eigenvalue weighted by Gasteiger charge is 2.13. The molecule has 1 aromatic heterocycles. The van der Waals surface area contributed by atoms with E-state index in [2.05, 4.69) is 33.2 Å². The van der Waals surface area contributed by atoms with Gasteiger partial charge < -0.3 is 5.32 Å². The minimum atomic E-state index is -0.270. The first-order chi connectivity index (χ1) is 9.61. The van der Waals surface area contributed by atoms with Crippen LogP contribution in [0.25, 0.3) is 0 Å². The van der Waals surface area contributed by atoms with Gasteiger partial charge in [-0.1, -0.05) is 30.7 Å². The molecule has 2 rings (SSSR count). The maximum absolute atomic E-state index is 12.3. The lowest BCUT2D eigenvalue weighted by atomic mass is 10.2. The molecule has 0 bridgehead atoms. The molecule has 0 spiro atoms. The number of nitrogens with zero attached hydrogens (tertiary/aromatic N) is 1. The van der Waals surface area contributed by atoms with Crippen molar-refractivity contribution in [2.75, 3.05) is 11.1 Å². The number of hydrogen-bond donors (Lipinski definition) is 1. The average Bonchev–Trinajstić information content (AvgIpc) is 2.44. The highest BCUT2D eigenvalue weighted by Crippen LogP contribution is 2.27. The van der Waals surface area contributed by atoms with Gasteiger partial charge in [-0.2, -0.15) is 0 Å². The number of rotatable bonds is 4. The maximum Gasteiger partial charge on any atom is 0.258 e. The molecule has 0 saturated heterocycles. The molecule has 104 valence electrons. The van der Waals surface area contributed by atoms with E-state index in [4.69, 9.17) is 11.6 Å². The summed E-state index contributed by atoms with van der Waals surface area (Å²) < 4.78 is 0.711. The summed E-state index contributed by atoms with van der Waals surface area (Å²) in [5, 5.41) is 3.06. The van der Waals surface area contributed by atoms with Gasteiger partial charge in [0.1, 0.15) is 5.15 Å². The molecule has 0 aliphatic rings. The third kappa shape index (κ3) is 3.75. The molecule has 3 nitrogen and oxygen atoms in total. The van der Waals surface area contributed by atoms with Crippen molar-refractivity contribution in [2.24, 2.45) is 0 Å². The molecule has 0 aliphatic carbocycles. The average molecular weight is 372 g/mol. The second kappa shape index (κ2) is 7.11. The first-order valence-electron chi connectivity index (χ1n) is 5.96. The summed E-state index contributed by atoms with van der Waals surface area (Å²) in [6.45, 7) is 2.07. The van der Waals surface area contributed by atoms with Crippen LogP contribution in [0.5, 0.6) is 0 Å². The SMILES string of the molecule is CCSc1ccccc1NC(=O)c1cc(Br)cnc1Cl. The molecule has 0 atom stereocenters. The fraction of sp³-hybridized carbons (Fsp3) is 0.143. The van der Waals surface area contributed by atoms with Gasteiger partial charge in [-0.15, -0.1) is 11.8 Å². The van der Waals surface area contributed by atoms with Crippen LogP contribution in [0.1, 0.15) is 17.3 Å². The van der Waals surface area contributed by atoms with Gasteiger partial charge in [0.15, 0.2) is 0 Å². The Balaban J connectivity index is 2.26. The van der Waals surface area contributed by atoms with Crippen LogP contribution in [0, 0.1) is 0 Å². The number of carbonyl (C=O) groups excluding carboxylic acids is 1. The zero-order valence-electron chi connectivity index (χ0n) is 10.7. The number of carbonyl (C=O) groups is 1. The third-order valence-corrected chi connectivity index (χ3v) is 4.18. The first kappa shape index (κ1) is 15.4. The Kier molecular flexibility index (Phi) is 5.46. The van der Waals surface area contributed by atoms with Crippen LogP contribution in [0.15, 0.2) is 45.9 Å². The standard InChI is InChI=1S/C14H12BrClN2OS/c1-2-20-12-6-4-3-5-11(12)18-14(19)10-7-9(15)8-17-13(10)16/h3-8H,2H2,1H3,(H,18,19). The molecule has 0 saturated carbocycles. The maximum atomic E-state index is 12.3. The van der Waals surface area contributed by atoms with E-state index in [1.54, 1.807) is 24.0 Å². The monoisotopic (exact) mass is 370 g/mol. The van der Waals surface area contributed by atoms with E-state index in [1.165, 1.54) is 0 Å². The minimum absolute atomic E-state index is 0.186. The number of amides is 1. The second-order valence-corrected chi connectivity index (χ2v) is 6.45. The van der Waals surface area contributed by atoms with Gasteiger partial charge in [0.05, 0.1) is 11.3 Å². The number of pyridine rings is 1. The molecular weight excluding hydrogens is 360 g/mol. The van der Waals surface area contributed by atoms with Crippen LogP contribution >= 0.6 is 39.3 Å². The summed E-state index contributed by atoms with van der Waals surface area (Å²) in [6, 6.07) is 9.33. The van der Waals surface area contributed by atoms with Crippen LogP contribution in [0.4, 0.5) is 5.69 Å². The number of thioether (sulfide) groups is 1. The first-order valence-corrected chi connectivity index (χ1v) is 8.11. The molecule has 1 aromatic carbocycles. The number of benzene rings is 1. The quantitative estimate of drug-likeness (QED) is 0.616. The normalized spacial score (nSPS) is 10.3. The van der Waals surface area contributed by atoms with E-state index in [0.29, 0.717) is 10.0 Å². The van der Waals surface area contributed by atoms with Gasteiger partial charge in [-0.3, -0.25) is 4.79 Å². The van der Waals surface area contributed by atoms with E-state index in [0.717, 1.165) is 16.3 Å². The number of aromatic nitrogens is 1. The van der Waals surface area contributed by atoms with E-state index in [1.807, 2.05) is 24.3 Å².